The van der Waals surface area contributed by atoms with Crippen LogP contribution in [0, 0.1) is 0 Å². The van der Waals surface area contributed by atoms with Crippen molar-refractivity contribution < 1.29 is 0 Å². The molecule has 0 spiro atoms. The molecule has 0 saturated heterocycles. The molecule has 0 atom stereocenters. The fourth-order valence-electron chi connectivity index (χ4n) is 0.933. The van der Waals surface area contributed by atoms with Gasteiger partial charge < -0.3 is 0 Å². The van der Waals surface area contributed by atoms with Crippen LogP contribution in [0.15, 0.2) is 51.8 Å². The predicted molar refractivity (Wildman–Crippen MR) is 66.7 cm³/mol. The molecule has 3 nitrogen and oxygen atoms in total. The Balaban J connectivity index is 0.000000112. The second-order valence-electron chi connectivity index (χ2n) is 2.88. The first kappa shape index (κ1) is 11.3. The maximum atomic E-state index is 3.78. The standard InChI is InChI=1S/C5H6.C4H5N.C3H4N2/c3*1-2-4-5-3-1/h1-4H,5H2;1,3-4H,2H2;2-3H,1H2. The van der Waals surface area contributed by atoms with Crippen LogP contribution in [0.1, 0.15) is 19.3 Å². The summed E-state index contributed by atoms with van der Waals surface area (Å²) in [5, 5.41) is 7.06. The average molecular weight is 201 g/mol. The Morgan fingerprint density at radius 2 is 1.40 bits per heavy atom. The van der Waals surface area contributed by atoms with Crippen LogP contribution in [-0.4, -0.2) is 18.6 Å². The number of allylic oxidation sites excluding steroid dienone is 5. The van der Waals surface area contributed by atoms with Crippen LogP contribution in [0.25, 0.3) is 0 Å². The van der Waals surface area contributed by atoms with E-state index in [1.54, 1.807) is 18.6 Å². The monoisotopic (exact) mass is 201 g/mol. The Morgan fingerprint density at radius 1 is 0.667 bits per heavy atom. The van der Waals surface area contributed by atoms with E-state index in [-0.39, 0.29) is 0 Å². The van der Waals surface area contributed by atoms with Crippen LogP contribution in [0.3, 0.4) is 0 Å². The molecule has 2 aliphatic heterocycles. The summed E-state index contributed by atoms with van der Waals surface area (Å²) >= 11 is 0. The van der Waals surface area contributed by atoms with E-state index in [0.29, 0.717) is 0 Å². The molecule has 0 aromatic rings. The lowest BCUT2D eigenvalue weighted by atomic mass is 10.5. The smallest absolute Gasteiger partial charge is 0.0324 e. The van der Waals surface area contributed by atoms with Crippen molar-refractivity contribution in [3.63, 3.8) is 0 Å². The molecule has 0 radical (unpaired) electrons. The molecular formula is C12H15N3. The van der Waals surface area contributed by atoms with Gasteiger partial charge in [0.2, 0.25) is 0 Å². The van der Waals surface area contributed by atoms with Crippen LogP contribution >= 0.6 is 0 Å². The van der Waals surface area contributed by atoms with Crippen molar-refractivity contribution in [3.05, 3.63) is 36.6 Å². The lowest BCUT2D eigenvalue weighted by molar-refractivity contribution is 1.29. The van der Waals surface area contributed by atoms with E-state index in [4.69, 9.17) is 0 Å². The molecule has 1 aliphatic carbocycles. The molecular weight excluding hydrogens is 186 g/mol. The van der Waals surface area contributed by atoms with Crippen molar-refractivity contribution in [3.8, 4) is 0 Å². The van der Waals surface area contributed by atoms with Gasteiger partial charge in [0.25, 0.3) is 0 Å². The molecule has 0 bridgehead atoms. The Hall–Kier alpha value is -1.77. The topological polar surface area (TPSA) is 37.1 Å². The molecule has 3 heteroatoms. The fourth-order valence-corrected chi connectivity index (χ4v) is 0.933. The second kappa shape index (κ2) is 8.81. The molecule has 2 heterocycles. The maximum absolute atomic E-state index is 3.78. The van der Waals surface area contributed by atoms with Crippen LogP contribution in [-0.2, 0) is 0 Å². The third kappa shape index (κ3) is 7.31. The van der Waals surface area contributed by atoms with Gasteiger partial charge in [-0.05, 0) is 6.42 Å². The number of aliphatic imine (C=N–C) groups is 1. The molecule has 0 aromatic heterocycles. The van der Waals surface area contributed by atoms with E-state index in [2.05, 4.69) is 39.5 Å². The Bertz CT molecular complexity index is 237. The first-order chi connectivity index (χ1) is 7.50. The predicted octanol–water partition coefficient (Wildman–Crippen LogP) is 2.92. The molecule has 0 N–H and O–H groups in total. The first-order valence-electron chi connectivity index (χ1n) is 5.02. The van der Waals surface area contributed by atoms with Gasteiger partial charge in [-0.1, -0.05) is 30.4 Å². The van der Waals surface area contributed by atoms with Gasteiger partial charge in [-0.3, -0.25) is 4.99 Å². The molecule has 78 valence electrons. The normalized spacial score (nSPS) is 17.6. The largest absolute Gasteiger partial charge is 0.269 e. The van der Waals surface area contributed by atoms with Crippen molar-refractivity contribution >= 4 is 18.6 Å². The van der Waals surface area contributed by atoms with Crippen LogP contribution < -0.4 is 0 Å². The van der Waals surface area contributed by atoms with Gasteiger partial charge in [-0.15, -0.1) is 0 Å². The van der Waals surface area contributed by atoms with Crippen molar-refractivity contribution in [2.24, 2.45) is 15.2 Å². The zero-order valence-corrected chi connectivity index (χ0v) is 8.66. The summed E-state index contributed by atoms with van der Waals surface area (Å²) in [5.74, 6) is 0. The second-order valence-corrected chi connectivity index (χ2v) is 2.88. The Kier molecular flexibility index (Phi) is 6.64. The summed E-state index contributed by atoms with van der Waals surface area (Å²) in [6.07, 6.45) is 20.7. The Morgan fingerprint density at radius 3 is 1.60 bits per heavy atom. The van der Waals surface area contributed by atoms with Crippen molar-refractivity contribution in [1.82, 2.24) is 0 Å². The van der Waals surface area contributed by atoms with E-state index in [0.717, 1.165) is 19.3 Å². The first-order valence-corrected chi connectivity index (χ1v) is 5.02. The number of rotatable bonds is 0. The van der Waals surface area contributed by atoms with Gasteiger partial charge in [0.15, 0.2) is 0 Å². The third-order valence-corrected chi connectivity index (χ3v) is 1.63. The minimum Gasteiger partial charge on any atom is -0.269 e. The van der Waals surface area contributed by atoms with Crippen LogP contribution in [0.4, 0.5) is 0 Å². The van der Waals surface area contributed by atoms with Crippen LogP contribution in [0.2, 0.25) is 0 Å². The zero-order valence-electron chi connectivity index (χ0n) is 8.66. The van der Waals surface area contributed by atoms with Crippen molar-refractivity contribution in [2.45, 2.75) is 19.3 Å². The molecule has 3 aliphatic rings. The Labute approximate surface area is 90.3 Å². The number of nitrogens with zero attached hydrogens (tertiary/aromatic N) is 3. The van der Waals surface area contributed by atoms with Crippen molar-refractivity contribution in [1.29, 1.82) is 0 Å². The highest BCUT2D eigenvalue weighted by molar-refractivity contribution is 5.82. The summed E-state index contributed by atoms with van der Waals surface area (Å²) in [4.78, 5) is 3.78. The summed E-state index contributed by atoms with van der Waals surface area (Å²) < 4.78 is 0. The highest BCUT2D eigenvalue weighted by atomic mass is 15.2. The van der Waals surface area contributed by atoms with E-state index in [9.17, 15) is 0 Å². The average Bonchev–Trinajstić information content (AvgIpc) is 3.09. The van der Waals surface area contributed by atoms with E-state index in [1.807, 2.05) is 12.3 Å². The molecule has 15 heavy (non-hydrogen) atoms. The van der Waals surface area contributed by atoms with Gasteiger partial charge in [0.05, 0.1) is 0 Å². The van der Waals surface area contributed by atoms with E-state index >= 15 is 0 Å². The number of hydrogen-bond donors (Lipinski definition) is 0. The zero-order chi connectivity index (χ0) is 10.6. The lowest BCUT2D eigenvalue weighted by Crippen LogP contribution is -1.60. The van der Waals surface area contributed by atoms with Gasteiger partial charge in [-0.25, -0.2) is 0 Å². The minimum atomic E-state index is 0.917. The lowest BCUT2D eigenvalue weighted by Gasteiger charge is -1.57. The van der Waals surface area contributed by atoms with Crippen molar-refractivity contribution in [2.75, 3.05) is 0 Å². The molecule has 3 rings (SSSR count). The summed E-state index contributed by atoms with van der Waals surface area (Å²) in [6, 6.07) is 0. The number of hydrogen-bond acceptors (Lipinski definition) is 3. The SMILES string of the molecule is C1=CCC=C1.C1=CN=CC1.C1=NN=CC1. The summed E-state index contributed by atoms with van der Waals surface area (Å²) in [6.45, 7) is 0. The van der Waals surface area contributed by atoms with Gasteiger partial charge in [-0.2, -0.15) is 10.2 Å². The third-order valence-electron chi connectivity index (χ3n) is 1.63. The van der Waals surface area contributed by atoms with E-state index < -0.39 is 0 Å². The summed E-state index contributed by atoms with van der Waals surface area (Å²) in [5.41, 5.74) is 0. The molecule has 0 fully saturated rings. The highest BCUT2D eigenvalue weighted by Crippen LogP contribution is 1.93. The van der Waals surface area contributed by atoms with Crippen LogP contribution in [0.5, 0.6) is 0 Å². The van der Waals surface area contributed by atoms with Gasteiger partial charge in [0, 0.05) is 37.7 Å². The minimum absolute atomic E-state index is 0.917. The van der Waals surface area contributed by atoms with Gasteiger partial charge >= 0.3 is 0 Å². The molecule has 0 aromatic carbocycles. The molecule has 0 saturated carbocycles. The fraction of sp³-hybridized carbons (Fsp3) is 0.250. The van der Waals surface area contributed by atoms with Gasteiger partial charge in [0.1, 0.15) is 0 Å². The quantitative estimate of drug-likeness (QED) is 0.578. The van der Waals surface area contributed by atoms with E-state index in [1.165, 1.54) is 0 Å². The highest BCUT2D eigenvalue weighted by Gasteiger charge is 1.75. The maximum Gasteiger partial charge on any atom is 0.0324 e. The molecule has 0 unspecified atom stereocenters. The molecule has 0 amide bonds. The summed E-state index contributed by atoms with van der Waals surface area (Å²) in [7, 11) is 0.